The predicted octanol–water partition coefficient (Wildman–Crippen LogP) is 4.90. The third-order valence-corrected chi connectivity index (χ3v) is 5.51. The minimum Gasteiger partial charge on any atom is -0.400 e. The molecule has 0 bridgehead atoms. The number of thiol groups is 1. The Kier molecular flexibility index (Phi) is 5.08. The van der Waals surface area contributed by atoms with Gasteiger partial charge in [-0.1, -0.05) is 29.8 Å². The van der Waals surface area contributed by atoms with Crippen molar-refractivity contribution >= 4 is 37.4 Å². The number of hydrogen-bond donors (Lipinski definition) is 1. The summed E-state index contributed by atoms with van der Waals surface area (Å²) in [4.78, 5) is 0. The Balaban J connectivity index is 2.34. The van der Waals surface area contributed by atoms with Crippen LogP contribution in [0.3, 0.4) is 0 Å². The lowest BCUT2D eigenvalue weighted by Crippen LogP contribution is -2.41. The molecule has 5 heteroatoms. The van der Waals surface area contributed by atoms with Gasteiger partial charge in [-0.25, -0.2) is 0 Å². The van der Waals surface area contributed by atoms with Gasteiger partial charge in [0.15, 0.2) is 0 Å². The standard InChI is InChI=1S/C17H24BClO2S/c1-11-7-13(8-12(2)15(11)19)9-14(10-22)18-20-16(3,4)17(5,6)21-18/h7-9,22H,10H2,1-6H3. The highest BCUT2D eigenvalue weighted by Crippen LogP contribution is 2.39. The van der Waals surface area contributed by atoms with E-state index >= 15 is 0 Å². The molecule has 0 unspecified atom stereocenters. The molecule has 0 amide bonds. The molecule has 0 saturated carbocycles. The van der Waals surface area contributed by atoms with Crippen molar-refractivity contribution in [3.8, 4) is 0 Å². The van der Waals surface area contributed by atoms with E-state index in [0.717, 1.165) is 27.2 Å². The van der Waals surface area contributed by atoms with Gasteiger partial charge >= 0.3 is 7.12 Å². The molecule has 0 aliphatic carbocycles. The fraction of sp³-hybridized carbons (Fsp3) is 0.529. The van der Waals surface area contributed by atoms with Gasteiger partial charge in [-0.3, -0.25) is 0 Å². The molecule has 1 heterocycles. The molecule has 1 aromatic carbocycles. The van der Waals surface area contributed by atoms with Crippen molar-refractivity contribution in [1.82, 2.24) is 0 Å². The molecule has 1 fully saturated rings. The van der Waals surface area contributed by atoms with Crippen LogP contribution < -0.4 is 0 Å². The fourth-order valence-corrected chi connectivity index (χ4v) is 2.81. The summed E-state index contributed by atoms with van der Waals surface area (Å²) in [6.45, 7) is 12.3. The smallest absolute Gasteiger partial charge is 0.400 e. The van der Waals surface area contributed by atoms with Crippen molar-refractivity contribution in [1.29, 1.82) is 0 Å². The van der Waals surface area contributed by atoms with Gasteiger partial charge in [0.25, 0.3) is 0 Å². The maximum atomic E-state index is 6.24. The third kappa shape index (κ3) is 3.40. The quantitative estimate of drug-likeness (QED) is 0.624. The van der Waals surface area contributed by atoms with Gasteiger partial charge in [-0.2, -0.15) is 12.6 Å². The van der Waals surface area contributed by atoms with E-state index in [1.165, 1.54) is 0 Å². The van der Waals surface area contributed by atoms with E-state index in [2.05, 4.69) is 58.5 Å². The Morgan fingerprint density at radius 3 is 2.00 bits per heavy atom. The van der Waals surface area contributed by atoms with Crippen molar-refractivity contribution in [3.63, 3.8) is 0 Å². The second-order valence-corrected chi connectivity index (χ2v) is 7.63. The Bertz CT molecular complexity index is 572. The third-order valence-electron chi connectivity index (χ3n) is 4.55. The van der Waals surface area contributed by atoms with Crippen molar-refractivity contribution in [2.24, 2.45) is 0 Å². The number of hydrogen-bond acceptors (Lipinski definition) is 3. The zero-order valence-corrected chi connectivity index (χ0v) is 15.8. The molecular weight excluding hydrogens is 315 g/mol. The molecule has 1 saturated heterocycles. The fourth-order valence-electron chi connectivity index (χ4n) is 2.46. The van der Waals surface area contributed by atoms with Crippen LogP contribution in [0.15, 0.2) is 17.6 Å². The van der Waals surface area contributed by atoms with Crippen molar-refractivity contribution in [3.05, 3.63) is 39.3 Å². The Hall–Kier alpha value is -0.415. The van der Waals surface area contributed by atoms with Crippen LogP contribution in [0.1, 0.15) is 44.4 Å². The first-order chi connectivity index (χ1) is 10.1. The molecule has 120 valence electrons. The summed E-state index contributed by atoms with van der Waals surface area (Å²) in [5.74, 6) is 0.581. The first-order valence-electron chi connectivity index (χ1n) is 7.51. The van der Waals surface area contributed by atoms with Crippen LogP contribution in [0, 0.1) is 13.8 Å². The lowest BCUT2D eigenvalue weighted by molar-refractivity contribution is 0.00578. The Labute approximate surface area is 144 Å². The molecule has 0 radical (unpaired) electrons. The summed E-state index contributed by atoms with van der Waals surface area (Å²) in [7, 11) is -0.362. The van der Waals surface area contributed by atoms with Gasteiger partial charge in [0.2, 0.25) is 0 Å². The molecule has 22 heavy (non-hydrogen) atoms. The average Bonchev–Trinajstić information content (AvgIpc) is 2.61. The molecule has 0 aromatic heterocycles. The molecule has 2 rings (SSSR count). The van der Waals surface area contributed by atoms with E-state index in [-0.39, 0.29) is 18.3 Å². The number of halogens is 1. The SMILES string of the molecule is Cc1cc(C=C(CS)B2OC(C)(C)C(C)(C)O2)cc(C)c1Cl. The summed E-state index contributed by atoms with van der Waals surface area (Å²) in [5, 5.41) is 0.820. The molecule has 0 spiro atoms. The van der Waals surface area contributed by atoms with Gasteiger partial charge < -0.3 is 9.31 Å². The van der Waals surface area contributed by atoms with E-state index in [0.29, 0.717) is 5.75 Å². The van der Waals surface area contributed by atoms with Crippen LogP contribution in [-0.2, 0) is 9.31 Å². The first-order valence-corrected chi connectivity index (χ1v) is 8.52. The van der Waals surface area contributed by atoms with Crippen LogP contribution in [0.5, 0.6) is 0 Å². The van der Waals surface area contributed by atoms with Crippen molar-refractivity contribution in [2.45, 2.75) is 52.7 Å². The highest BCUT2D eigenvalue weighted by Gasteiger charge is 2.52. The van der Waals surface area contributed by atoms with E-state index in [1.807, 2.05) is 13.8 Å². The van der Waals surface area contributed by atoms with Gasteiger partial charge in [0, 0.05) is 10.8 Å². The molecule has 1 aromatic rings. The number of aryl methyl sites for hydroxylation is 2. The van der Waals surface area contributed by atoms with Crippen molar-refractivity contribution < 1.29 is 9.31 Å². The minimum atomic E-state index is -0.362. The Morgan fingerprint density at radius 1 is 1.14 bits per heavy atom. The minimum absolute atomic E-state index is 0.342. The molecule has 0 atom stereocenters. The lowest BCUT2D eigenvalue weighted by atomic mass is 9.78. The first kappa shape index (κ1) is 17.9. The number of benzene rings is 1. The van der Waals surface area contributed by atoms with Crippen LogP contribution in [0.25, 0.3) is 6.08 Å². The summed E-state index contributed by atoms with van der Waals surface area (Å²) in [6.07, 6.45) is 2.09. The zero-order chi connectivity index (χ0) is 16.7. The normalized spacial score (nSPS) is 20.5. The van der Waals surface area contributed by atoms with Gasteiger partial charge in [0.1, 0.15) is 0 Å². The summed E-state index contributed by atoms with van der Waals surface area (Å²) in [5.41, 5.74) is 3.57. The van der Waals surface area contributed by atoms with E-state index in [4.69, 9.17) is 20.9 Å². The van der Waals surface area contributed by atoms with E-state index < -0.39 is 0 Å². The molecule has 1 aliphatic heterocycles. The predicted molar refractivity (Wildman–Crippen MR) is 98.8 cm³/mol. The molecule has 1 aliphatic rings. The second-order valence-electron chi connectivity index (χ2n) is 6.93. The molecule has 2 nitrogen and oxygen atoms in total. The monoisotopic (exact) mass is 338 g/mol. The van der Waals surface area contributed by atoms with E-state index in [1.54, 1.807) is 0 Å². The van der Waals surface area contributed by atoms with Crippen LogP contribution in [0.4, 0.5) is 0 Å². The van der Waals surface area contributed by atoms with Gasteiger partial charge in [0.05, 0.1) is 11.2 Å². The maximum Gasteiger partial charge on any atom is 0.491 e. The largest absolute Gasteiger partial charge is 0.491 e. The topological polar surface area (TPSA) is 18.5 Å². The average molecular weight is 339 g/mol. The second kappa shape index (κ2) is 6.24. The highest BCUT2D eigenvalue weighted by atomic mass is 35.5. The van der Waals surface area contributed by atoms with Crippen LogP contribution in [0.2, 0.25) is 5.02 Å². The van der Waals surface area contributed by atoms with E-state index in [9.17, 15) is 0 Å². The maximum absolute atomic E-state index is 6.24. The summed E-state index contributed by atoms with van der Waals surface area (Å²) >= 11 is 10.7. The van der Waals surface area contributed by atoms with Crippen LogP contribution >= 0.6 is 24.2 Å². The van der Waals surface area contributed by atoms with Gasteiger partial charge in [-0.15, -0.1) is 0 Å². The Morgan fingerprint density at radius 2 is 1.59 bits per heavy atom. The number of rotatable bonds is 3. The molecule has 0 N–H and O–H groups in total. The van der Waals surface area contributed by atoms with Crippen LogP contribution in [-0.4, -0.2) is 24.1 Å². The van der Waals surface area contributed by atoms with Crippen molar-refractivity contribution in [2.75, 3.05) is 5.75 Å². The molecular formula is C17H24BClO2S. The highest BCUT2D eigenvalue weighted by molar-refractivity contribution is 7.80. The van der Waals surface area contributed by atoms with Gasteiger partial charge in [-0.05, 0) is 63.7 Å². The lowest BCUT2D eigenvalue weighted by Gasteiger charge is -2.32. The summed E-state index contributed by atoms with van der Waals surface area (Å²) < 4.78 is 12.2. The summed E-state index contributed by atoms with van der Waals surface area (Å²) in [6, 6.07) is 4.15. The zero-order valence-electron chi connectivity index (χ0n) is 14.2.